The normalized spacial score (nSPS) is 21.7. The van der Waals surface area contributed by atoms with Crippen LogP contribution < -0.4 is 15.4 Å². The Bertz CT molecular complexity index is 1530. The van der Waals surface area contributed by atoms with Crippen molar-refractivity contribution in [2.24, 2.45) is 0 Å². The number of imidazole rings is 1. The summed E-state index contributed by atoms with van der Waals surface area (Å²) in [5, 5.41) is 19.6. The van der Waals surface area contributed by atoms with Crippen LogP contribution in [0.15, 0.2) is 55.1 Å². The van der Waals surface area contributed by atoms with Gasteiger partial charge < -0.3 is 20.5 Å². The Morgan fingerprint density at radius 2 is 2.03 bits per heavy atom. The Morgan fingerprint density at radius 1 is 1.17 bits per heavy atom. The van der Waals surface area contributed by atoms with Gasteiger partial charge in [-0.2, -0.15) is 18.3 Å². The molecule has 4 aromatic rings. The van der Waals surface area contributed by atoms with E-state index in [1.807, 2.05) is 6.07 Å². The van der Waals surface area contributed by atoms with Crippen molar-refractivity contribution in [2.45, 2.75) is 30.8 Å². The minimum Gasteiger partial charge on any atom is -0.483 e. The molecule has 0 radical (unpaired) electrons. The van der Waals surface area contributed by atoms with Gasteiger partial charge in [0.05, 0.1) is 16.8 Å². The number of nitrogens with one attached hydrogen (secondary N) is 2. The summed E-state index contributed by atoms with van der Waals surface area (Å²) in [6.07, 6.45) is 1.35. The number of benzene rings is 1. The number of carbonyl (C=O) groups is 1. The predicted octanol–water partition coefficient (Wildman–Crippen LogP) is 2.83. The number of rotatable bonds is 5. The summed E-state index contributed by atoms with van der Waals surface area (Å²) in [7, 11) is 0. The summed E-state index contributed by atoms with van der Waals surface area (Å²) in [6.45, 7) is -1.39. The Kier molecular flexibility index (Phi) is 5.07. The Hall–Kier alpha value is -4.19. The van der Waals surface area contributed by atoms with Crippen molar-refractivity contribution in [3.63, 3.8) is 0 Å². The smallest absolute Gasteiger partial charge is 0.422 e. The van der Waals surface area contributed by atoms with E-state index in [1.54, 1.807) is 47.4 Å². The molecular weight excluding hydrogens is 477 g/mol. The molecule has 1 aromatic carbocycles. The van der Waals surface area contributed by atoms with Crippen LogP contribution in [0.25, 0.3) is 22.1 Å². The zero-order chi connectivity index (χ0) is 25.0. The van der Waals surface area contributed by atoms with E-state index in [0.717, 1.165) is 17.5 Å². The largest absolute Gasteiger partial charge is 0.483 e. The highest BCUT2D eigenvalue weighted by Gasteiger charge is 2.42. The maximum Gasteiger partial charge on any atom is 0.422 e. The van der Waals surface area contributed by atoms with Crippen molar-refractivity contribution >= 4 is 28.0 Å². The SMILES string of the molecule is O=C1NC(O)NC=C1c1cc([C@H]2C[C@@H]2c2cc(OCC(F)(F)F)c3cccnc3c2)c2nccn2n1. The fraction of sp³-hybridized carbons (Fsp3) is 0.250. The molecule has 3 aromatic heterocycles. The van der Waals surface area contributed by atoms with E-state index in [9.17, 15) is 23.1 Å². The second-order valence-corrected chi connectivity index (χ2v) is 8.72. The van der Waals surface area contributed by atoms with Gasteiger partial charge in [0.1, 0.15) is 5.75 Å². The van der Waals surface area contributed by atoms with Gasteiger partial charge >= 0.3 is 6.18 Å². The fourth-order valence-corrected chi connectivity index (χ4v) is 4.58. The number of aliphatic hydroxyl groups is 1. The lowest BCUT2D eigenvalue weighted by molar-refractivity contribution is -0.153. The Balaban J connectivity index is 1.37. The molecule has 1 unspecified atom stereocenters. The topological polar surface area (TPSA) is 114 Å². The maximum atomic E-state index is 12.8. The first-order valence-corrected chi connectivity index (χ1v) is 11.1. The Morgan fingerprint density at radius 3 is 2.83 bits per heavy atom. The van der Waals surface area contributed by atoms with Crippen LogP contribution in [0.3, 0.4) is 0 Å². The molecule has 2 aliphatic rings. The van der Waals surface area contributed by atoms with Gasteiger partial charge in [0, 0.05) is 35.7 Å². The zero-order valence-electron chi connectivity index (χ0n) is 18.5. The van der Waals surface area contributed by atoms with E-state index >= 15 is 0 Å². The van der Waals surface area contributed by atoms with Crippen LogP contribution in [0.4, 0.5) is 13.2 Å². The molecule has 1 aliphatic carbocycles. The van der Waals surface area contributed by atoms with Gasteiger partial charge in [0.15, 0.2) is 12.3 Å². The monoisotopic (exact) mass is 496 g/mol. The number of carbonyl (C=O) groups excluding carboxylic acids is 1. The predicted molar refractivity (Wildman–Crippen MR) is 122 cm³/mol. The van der Waals surface area contributed by atoms with Gasteiger partial charge in [-0.15, -0.1) is 0 Å². The van der Waals surface area contributed by atoms with E-state index in [2.05, 4.69) is 25.7 Å². The van der Waals surface area contributed by atoms with Gasteiger partial charge in [-0.3, -0.25) is 9.78 Å². The molecule has 184 valence electrons. The van der Waals surface area contributed by atoms with E-state index in [-0.39, 0.29) is 23.2 Å². The van der Waals surface area contributed by atoms with Crippen LogP contribution >= 0.6 is 0 Å². The van der Waals surface area contributed by atoms with Crippen molar-refractivity contribution in [1.82, 2.24) is 30.2 Å². The van der Waals surface area contributed by atoms with Gasteiger partial charge in [-0.25, -0.2) is 9.50 Å². The lowest BCUT2D eigenvalue weighted by Gasteiger charge is -2.20. The summed E-state index contributed by atoms with van der Waals surface area (Å²) >= 11 is 0. The molecule has 12 heteroatoms. The molecule has 9 nitrogen and oxygen atoms in total. The third-order valence-corrected chi connectivity index (χ3v) is 6.28. The number of nitrogens with zero attached hydrogens (tertiary/aromatic N) is 4. The summed E-state index contributed by atoms with van der Waals surface area (Å²) < 4.78 is 45.3. The minimum absolute atomic E-state index is 0.000852. The third kappa shape index (κ3) is 4.09. The summed E-state index contributed by atoms with van der Waals surface area (Å²) in [4.78, 5) is 21.1. The van der Waals surface area contributed by atoms with Crippen LogP contribution in [0.5, 0.6) is 5.75 Å². The van der Waals surface area contributed by atoms with E-state index < -0.39 is 25.0 Å². The van der Waals surface area contributed by atoms with E-state index in [4.69, 9.17) is 4.74 Å². The molecule has 1 aliphatic heterocycles. The number of pyridine rings is 1. The number of hydrogen-bond donors (Lipinski definition) is 3. The molecule has 3 atom stereocenters. The number of hydrogen-bond acceptors (Lipinski definition) is 7. The first-order chi connectivity index (χ1) is 17.3. The molecule has 1 amide bonds. The minimum atomic E-state index is -4.46. The van der Waals surface area contributed by atoms with Crippen molar-refractivity contribution in [3.8, 4) is 5.75 Å². The molecule has 1 fully saturated rings. The van der Waals surface area contributed by atoms with Crippen LogP contribution in [0.1, 0.15) is 35.1 Å². The number of ether oxygens (including phenoxy) is 1. The number of halogens is 3. The van der Waals surface area contributed by atoms with Gasteiger partial charge in [0.2, 0.25) is 6.35 Å². The molecule has 0 bridgehead atoms. The highest BCUT2D eigenvalue weighted by atomic mass is 19.4. The quantitative estimate of drug-likeness (QED) is 0.389. The molecule has 3 N–H and O–H groups in total. The summed E-state index contributed by atoms with van der Waals surface area (Å²) in [5.41, 5.74) is 3.50. The molecule has 1 saturated carbocycles. The molecule has 6 rings (SSSR count). The highest BCUT2D eigenvalue weighted by Crippen LogP contribution is 2.56. The average Bonchev–Trinajstić information content (AvgIpc) is 3.49. The fourth-order valence-electron chi connectivity index (χ4n) is 4.58. The number of amides is 1. The molecule has 4 heterocycles. The lowest BCUT2D eigenvalue weighted by atomic mass is 10.0. The van der Waals surface area contributed by atoms with Crippen molar-refractivity contribution in [3.05, 3.63) is 71.9 Å². The number of fused-ring (bicyclic) bond motifs is 2. The highest BCUT2D eigenvalue weighted by molar-refractivity contribution is 6.19. The third-order valence-electron chi connectivity index (χ3n) is 6.28. The van der Waals surface area contributed by atoms with Crippen molar-refractivity contribution in [2.75, 3.05) is 6.61 Å². The molecule has 0 spiro atoms. The Labute approximate surface area is 201 Å². The molecular formula is C24H19F3N6O3. The zero-order valence-corrected chi connectivity index (χ0v) is 18.5. The van der Waals surface area contributed by atoms with Crippen LogP contribution in [0, 0.1) is 0 Å². The standard InChI is InChI=1S/C24H19F3N6O3/c25-24(26,27)11-36-20-7-12(6-18-13(20)2-1-3-28-18)14-8-15(14)16-9-19(32-33-5-4-29-21(16)33)17-10-30-23(35)31-22(17)34/h1-7,9-10,14-15,23,30,35H,8,11H2,(H,31,34)/t14-,15+,23?/m1/s1. The van der Waals surface area contributed by atoms with Crippen molar-refractivity contribution in [1.29, 1.82) is 0 Å². The van der Waals surface area contributed by atoms with E-state index in [0.29, 0.717) is 22.2 Å². The van der Waals surface area contributed by atoms with Gasteiger partial charge in [-0.1, -0.05) is 0 Å². The molecule has 0 saturated heterocycles. The average molecular weight is 496 g/mol. The molecule has 36 heavy (non-hydrogen) atoms. The second kappa shape index (κ2) is 8.19. The number of aromatic nitrogens is 4. The second-order valence-electron chi connectivity index (χ2n) is 8.72. The van der Waals surface area contributed by atoms with Crippen molar-refractivity contribution < 1.29 is 27.8 Å². The first kappa shape index (κ1) is 22.3. The lowest BCUT2D eigenvalue weighted by Crippen LogP contribution is -2.47. The van der Waals surface area contributed by atoms with E-state index in [1.165, 1.54) is 6.20 Å². The van der Waals surface area contributed by atoms with Crippen LogP contribution in [-0.2, 0) is 4.79 Å². The number of aliphatic hydroxyl groups excluding tert-OH is 1. The van der Waals surface area contributed by atoms with Gasteiger partial charge in [-0.05, 0) is 54.2 Å². The van der Waals surface area contributed by atoms with Crippen LogP contribution in [-0.4, -0.2) is 49.7 Å². The number of alkyl halides is 3. The first-order valence-electron chi connectivity index (χ1n) is 11.1. The summed E-state index contributed by atoms with van der Waals surface area (Å²) in [6, 6.07) is 8.64. The van der Waals surface area contributed by atoms with Crippen LogP contribution in [0.2, 0.25) is 0 Å². The van der Waals surface area contributed by atoms with Gasteiger partial charge in [0.25, 0.3) is 5.91 Å². The summed E-state index contributed by atoms with van der Waals surface area (Å²) in [5.74, 6) is -0.347. The maximum absolute atomic E-state index is 12.8.